The fraction of sp³-hybridized carbons (Fsp3) is 0.889. The van der Waals surface area contributed by atoms with Crippen molar-refractivity contribution in [3.05, 3.63) is 0 Å². The van der Waals surface area contributed by atoms with E-state index in [2.05, 4.69) is 4.99 Å². The minimum atomic E-state index is -6.60. The maximum absolute atomic E-state index is 13.1. The first-order valence-electron chi connectivity index (χ1n) is 5.58. The third-order valence-corrected chi connectivity index (χ3v) is 3.51. The molecule has 1 fully saturated rings. The van der Waals surface area contributed by atoms with Crippen molar-refractivity contribution in [3.63, 3.8) is 0 Å². The number of hydrogen-bond acceptors (Lipinski definition) is 2. The first-order valence-corrected chi connectivity index (χ1v) is 5.58. The van der Waals surface area contributed by atoms with Gasteiger partial charge in [-0.05, 0) is 7.05 Å². The van der Waals surface area contributed by atoms with Gasteiger partial charge in [-0.3, -0.25) is 4.99 Å². The fourth-order valence-corrected chi connectivity index (χ4v) is 2.47. The number of rotatable bonds is 0. The average molecular weight is 385 g/mol. The molecule has 1 heterocycles. The van der Waals surface area contributed by atoms with E-state index in [0.717, 1.165) is 0 Å². The van der Waals surface area contributed by atoms with Crippen molar-refractivity contribution < 1.29 is 52.7 Å². The Labute approximate surface area is 125 Å². The second-order valence-corrected chi connectivity index (χ2v) is 4.67. The highest BCUT2D eigenvalue weighted by Crippen LogP contribution is 2.58. The van der Waals surface area contributed by atoms with Gasteiger partial charge in [0.2, 0.25) is 0 Å². The lowest BCUT2D eigenvalue weighted by atomic mass is 9.94. The Balaban J connectivity index is 3.98. The second kappa shape index (κ2) is 5.05. The summed E-state index contributed by atoms with van der Waals surface area (Å²) in [5, 5.41) is 0.274. The normalized spacial score (nSPS) is 24.3. The predicted octanol–water partition coefficient (Wildman–Crippen LogP) is 3.23. The molecule has 0 aromatic carbocycles. The molecule has 1 saturated heterocycles. The van der Waals surface area contributed by atoms with E-state index in [0.29, 0.717) is 0 Å². The monoisotopic (exact) mass is 385 g/mol. The Bertz CT molecular complexity index is 494. The van der Waals surface area contributed by atoms with Crippen molar-refractivity contribution >= 4 is 5.84 Å². The number of alkyl halides is 12. The highest BCUT2D eigenvalue weighted by Gasteiger charge is 2.90. The van der Waals surface area contributed by atoms with Crippen molar-refractivity contribution in [1.29, 1.82) is 0 Å². The lowest BCUT2D eigenvalue weighted by Gasteiger charge is -2.44. The zero-order valence-corrected chi connectivity index (χ0v) is 11.4. The van der Waals surface area contributed by atoms with Crippen molar-refractivity contribution in [1.82, 2.24) is 10.2 Å². The molecular formula is C9H7F12N3. The lowest BCUT2D eigenvalue weighted by molar-refractivity contribution is -0.380. The average Bonchev–Trinajstić information content (AvgIpc) is 2.56. The predicted molar refractivity (Wildman–Crippen MR) is 53.9 cm³/mol. The highest BCUT2D eigenvalue weighted by atomic mass is 19.4. The summed E-state index contributed by atoms with van der Waals surface area (Å²) in [5.74, 6) is -2.57. The Morgan fingerprint density at radius 1 is 0.750 bits per heavy atom. The fourth-order valence-electron chi connectivity index (χ4n) is 2.47. The molecule has 0 atom stereocenters. The van der Waals surface area contributed by atoms with Crippen molar-refractivity contribution in [2.75, 3.05) is 14.1 Å². The molecule has 0 radical (unpaired) electrons. The van der Waals surface area contributed by atoms with E-state index in [1.54, 1.807) is 0 Å². The van der Waals surface area contributed by atoms with Crippen LogP contribution >= 0.6 is 0 Å². The molecule has 0 aliphatic carbocycles. The highest BCUT2D eigenvalue weighted by molar-refractivity contribution is 5.96. The molecule has 0 aromatic heterocycles. The number of nitrogens with zero attached hydrogens (tertiary/aromatic N) is 2. The summed E-state index contributed by atoms with van der Waals surface area (Å²) < 4.78 is 156. The molecule has 142 valence electrons. The summed E-state index contributed by atoms with van der Waals surface area (Å²) in [5.41, 5.74) is -11.3. The minimum absolute atomic E-state index is 0.200. The minimum Gasteiger partial charge on any atom is -0.338 e. The lowest BCUT2D eigenvalue weighted by Crippen LogP contribution is -2.75. The van der Waals surface area contributed by atoms with Crippen LogP contribution in [0.25, 0.3) is 0 Å². The molecule has 3 nitrogen and oxygen atoms in total. The van der Waals surface area contributed by atoms with Gasteiger partial charge in [-0.25, -0.2) is 4.90 Å². The molecule has 24 heavy (non-hydrogen) atoms. The Morgan fingerprint density at radius 3 is 1.25 bits per heavy atom. The van der Waals surface area contributed by atoms with E-state index in [9.17, 15) is 52.7 Å². The zero-order valence-electron chi connectivity index (χ0n) is 11.4. The molecule has 1 rings (SSSR count). The van der Waals surface area contributed by atoms with Crippen LogP contribution in [-0.2, 0) is 0 Å². The molecule has 0 saturated carbocycles. The number of aliphatic imine (C=N–C) groups is 1. The quantitative estimate of drug-likeness (QED) is 0.649. The van der Waals surface area contributed by atoms with E-state index in [1.807, 2.05) is 0 Å². The number of amidine groups is 1. The third kappa shape index (κ3) is 2.23. The van der Waals surface area contributed by atoms with Crippen LogP contribution in [0, 0.1) is 0 Å². The number of hydrogen-bond donors (Lipinski definition) is 1. The molecule has 0 aromatic rings. The van der Waals surface area contributed by atoms with Crippen molar-refractivity contribution in [2.45, 2.75) is 35.9 Å². The maximum atomic E-state index is 13.1. The van der Waals surface area contributed by atoms with E-state index in [1.165, 1.54) is 0 Å². The molecule has 0 spiro atoms. The van der Waals surface area contributed by atoms with Crippen LogP contribution < -0.4 is 5.32 Å². The smallest absolute Gasteiger partial charge is 0.338 e. The molecule has 0 amide bonds. The summed E-state index contributed by atoms with van der Waals surface area (Å²) >= 11 is 0. The van der Waals surface area contributed by atoms with Gasteiger partial charge in [0.1, 0.15) is 5.84 Å². The molecule has 1 N–H and O–H groups in total. The summed E-state index contributed by atoms with van der Waals surface area (Å²) in [4.78, 5) is 0.498. The van der Waals surface area contributed by atoms with Gasteiger partial charge in [0.25, 0.3) is 11.2 Å². The van der Waals surface area contributed by atoms with Crippen LogP contribution in [0.3, 0.4) is 0 Å². The van der Waals surface area contributed by atoms with Gasteiger partial charge < -0.3 is 5.32 Å². The van der Waals surface area contributed by atoms with Gasteiger partial charge in [-0.1, -0.05) is 0 Å². The van der Waals surface area contributed by atoms with Crippen LogP contribution in [0.1, 0.15) is 0 Å². The van der Waals surface area contributed by atoms with Crippen LogP contribution in [0.2, 0.25) is 0 Å². The first kappa shape index (κ1) is 20.6. The first-order chi connectivity index (χ1) is 10.3. The SMILES string of the molecule is CN=C1NC(C(F)(F)F)(C(F)(F)F)N(C)C1(C(F)(F)F)C(F)(F)F. The largest absolute Gasteiger partial charge is 0.434 e. The summed E-state index contributed by atoms with van der Waals surface area (Å²) in [6.07, 6.45) is -26.4. The van der Waals surface area contributed by atoms with Gasteiger partial charge >= 0.3 is 24.7 Å². The maximum Gasteiger partial charge on any atom is 0.434 e. The van der Waals surface area contributed by atoms with Gasteiger partial charge in [0.05, 0.1) is 0 Å². The summed E-state index contributed by atoms with van der Waals surface area (Å²) in [6, 6.07) is 0. The third-order valence-electron chi connectivity index (χ3n) is 3.51. The van der Waals surface area contributed by atoms with Crippen LogP contribution in [-0.4, -0.2) is 60.7 Å². The van der Waals surface area contributed by atoms with E-state index in [4.69, 9.17) is 0 Å². The molecule has 0 unspecified atom stereocenters. The number of halogens is 12. The van der Waals surface area contributed by atoms with Crippen molar-refractivity contribution in [3.8, 4) is 0 Å². The van der Waals surface area contributed by atoms with Crippen LogP contribution in [0.15, 0.2) is 4.99 Å². The van der Waals surface area contributed by atoms with Gasteiger partial charge in [0, 0.05) is 7.05 Å². The number of likely N-dealkylation sites (N-methyl/N-ethyl adjacent to an activating group) is 1. The molecular weight excluding hydrogens is 378 g/mol. The summed E-state index contributed by atoms with van der Waals surface area (Å²) in [6.45, 7) is 0. The van der Waals surface area contributed by atoms with Gasteiger partial charge in [-0.2, -0.15) is 52.7 Å². The zero-order chi connectivity index (χ0) is 19.6. The standard InChI is InChI=1S/C9H7F12N3/c1-22-3-4(6(10,11)12,7(13,14)15)24(2)5(23-3,8(16,17)18)9(19,20)21/h1-2H3,(H,22,23). The van der Waals surface area contributed by atoms with E-state index >= 15 is 0 Å². The molecule has 15 heteroatoms. The number of nitrogens with one attached hydrogen (secondary N) is 1. The van der Waals surface area contributed by atoms with Gasteiger partial charge in [0.15, 0.2) is 0 Å². The topological polar surface area (TPSA) is 27.6 Å². The van der Waals surface area contributed by atoms with Crippen LogP contribution in [0.4, 0.5) is 52.7 Å². The Hall–Kier alpha value is -1.41. The van der Waals surface area contributed by atoms with E-state index in [-0.39, 0.29) is 12.4 Å². The van der Waals surface area contributed by atoms with Gasteiger partial charge in [-0.15, -0.1) is 0 Å². The molecule has 1 aliphatic heterocycles. The van der Waals surface area contributed by atoms with E-state index < -0.39 is 53.7 Å². The van der Waals surface area contributed by atoms with Crippen LogP contribution in [0.5, 0.6) is 0 Å². The molecule has 1 aliphatic rings. The summed E-state index contributed by atoms with van der Waals surface area (Å²) in [7, 11) is -0.377. The molecule has 0 bridgehead atoms. The van der Waals surface area contributed by atoms with Crippen molar-refractivity contribution in [2.24, 2.45) is 4.99 Å². The Kier molecular flexibility index (Phi) is 4.34. The second-order valence-electron chi connectivity index (χ2n) is 4.67. The Morgan fingerprint density at radius 2 is 1.08 bits per heavy atom.